The first-order chi connectivity index (χ1) is 5.66. The fraction of sp³-hybridized carbons (Fsp3) is 0. The van der Waals surface area contributed by atoms with Crippen molar-refractivity contribution >= 4 is 69.5 Å². The molecule has 0 saturated heterocycles. The zero-order chi connectivity index (χ0) is 10.8. The van der Waals surface area contributed by atoms with Gasteiger partial charge >= 0.3 is 17.1 Å². The number of quaternary nitrogens is 1. The van der Waals surface area contributed by atoms with Gasteiger partial charge in [-0.2, -0.15) is 20.6 Å². The van der Waals surface area contributed by atoms with Crippen molar-refractivity contribution in [2.75, 3.05) is 0 Å². The second-order valence-corrected chi connectivity index (χ2v) is 1.10. The van der Waals surface area contributed by atoms with E-state index >= 15 is 0 Å². The summed E-state index contributed by atoms with van der Waals surface area (Å²) in [5.74, 6) is 0. The summed E-state index contributed by atoms with van der Waals surface area (Å²) < 4.78 is 0. The number of thiocarbonyl (C=S) groups is 4. The molecule has 0 bridgehead atoms. The molecule has 1 radical (unpaired) electrons. The van der Waals surface area contributed by atoms with Gasteiger partial charge in [-0.3, -0.25) is 0 Å². The van der Waals surface area contributed by atoms with Crippen molar-refractivity contribution < 1.29 is 17.1 Å². The molecule has 0 aliphatic rings. The zero-order valence-electron chi connectivity index (χ0n) is 6.78. The minimum Gasteiger partial charge on any atom is -0.753 e. The van der Waals surface area contributed by atoms with Crippen LogP contribution in [0.1, 0.15) is 0 Å². The van der Waals surface area contributed by atoms with E-state index in [0.717, 1.165) is 0 Å². The molecule has 0 rings (SSSR count). The Morgan fingerprint density at radius 1 is 0.571 bits per heavy atom. The maximum Gasteiger partial charge on any atom is 3.00 e. The molecule has 0 heterocycles. The molecule has 77 valence electrons. The maximum absolute atomic E-state index is 7.13. The van der Waals surface area contributed by atoms with Crippen LogP contribution < -0.4 is 6.15 Å². The first-order valence-corrected chi connectivity index (χ1v) is 3.34. The van der Waals surface area contributed by atoms with Gasteiger partial charge in [0.1, 0.15) is 0 Å². The molecule has 14 heavy (non-hydrogen) atoms. The van der Waals surface area contributed by atoms with Gasteiger partial charge in [-0.1, -0.05) is 48.9 Å². The van der Waals surface area contributed by atoms with E-state index in [1.807, 2.05) is 0 Å². The minimum absolute atomic E-state index is 0. The van der Waals surface area contributed by atoms with E-state index in [1.54, 1.807) is 0 Å². The van der Waals surface area contributed by atoms with Crippen LogP contribution in [-0.4, -0.2) is 20.6 Å². The van der Waals surface area contributed by atoms with Crippen LogP contribution >= 0.6 is 48.9 Å². The Balaban J connectivity index is -0.0000000145. The zero-order valence-corrected chi connectivity index (χ0v) is 11.1. The Bertz CT molecular complexity index is 158. The van der Waals surface area contributed by atoms with Crippen molar-refractivity contribution in [3.05, 3.63) is 21.6 Å². The molecule has 0 fully saturated rings. The number of hydrogen-bond acceptors (Lipinski definition) is 4. The summed E-state index contributed by atoms with van der Waals surface area (Å²) in [7, 11) is 0. The van der Waals surface area contributed by atoms with E-state index in [-0.39, 0.29) is 23.2 Å². The molecule has 0 unspecified atom stereocenters. The Labute approximate surface area is 114 Å². The van der Waals surface area contributed by atoms with Crippen LogP contribution in [0, 0.1) is 0 Å². The van der Waals surface area contributed by atoms with Gasteiger partial charge < -0.3 is 27.8 Å². The van der Waals surface area contributed by atoms with Crippen molar-refractivity contribution in [2.24, 2.45) is 0 Å². The van der Waals surface area contributed by atoms with E-state index in [4.69, 9.17) is 21.6 Å². The standard InChI is InChI=1S/4CNS.Fe.H3N/c4*2-1-3;;/h;;;;;1H3/q4*-1;+3;/p+1. The van der Waals surface area contributed by atoms with Crippen molar-refractivity contribution in [3.63, 3.8) is 0 Å². The summed E-state index contributed by atoms with van der Waals surface area (Å²) in [5, 5.41) is 33.9. The molecule has 0 aliphatic carbocycles. The molecule has 0 amide bonds. The Morgan fingerprint density at radius 2 is 0.571 bits per heavy atom. The third-order valence-electron chi connectivity index (χ3n) is 0. The van der Waals surface area contributed by atoms with Gasteiger partial charge in [0.15, 0.2) is 0 Å². The first-order valence-electron chi connectivity index (χ1n) is 1.71. The van der Waals surface area contributed by atoms with Gasteiger partial charge in [0.05, 0.1) is 0 Å². The van der Waals surface area contributed by atoms with Crippen LogP contribution in [0.25, 0.3) is 21.6 Å². The van der Waals surface area contributed by atoms with Crippen molar-refractivity contribution in [2.45, 2.75) is 0 Å². The van der Waals surface area contributed by atoms with Crippen LogP contribution in [-0.2, 0) is 17.1 Å². The summed E-state index contributed by atoms with van der Waals surface area (Å²) in [6, 6.07) is 0. The van der Waals surface area contributed by atoms with Crippen LogP contribution in [0.4, 0.5) is 0 Å². The van der Waals surface area contributed by atoms with E-state index < -0.39 is 0 Å². The van der Waals surface area contributed by atoms with Crippen molar-refractivity contribution in [3.8, 4) is 0 Å². The molecule has 4 N–H and O–H groups in total. The molecule has 0 aromatic rings. The third kappa shape index (κ3) is 13000. The molecule has 0 atom stereocenters. The van der Waals surface area contributed by atoms with E-state index in [1.165, 1.54) is 20.6 Å². The first kappa shape index (κ1) is 37.3. The molecule has 0 spiro atoms. The fourth-order valence-electron chi connectivity index (χ4n) is 0. The number of nitrogens with zero attached hydrogens (tertiary/aromatic N) is 4. The average Bonchev–Trinajstić information content (AvgIpc) is 1.92. The summed E-state index contributed by atoms with van der Waals surface area (Å²) in [6.07, 6.45) is 0. The number of hydrogen-bond donors (Lipinski definition) is 1. The molecule has 0 aromatic heterocycles. The molecule has 10 heteroatoms. The van der Waals surface area contributed by atoms with Gasteiger partial charge in [0.2, 0.25) is 0 Å². The topological polar surface area (TPSA) is 126 Å². The largest absolute Gasteiger partial charge is 3.00 e. The Hall–Kier alpha value is -0.321. The second-order valence-electron chi connectivity index (χ2n) is 0.365. The van der Waals surface area contributed by atoms with Crippen molar-refractivity contribution in [1.29, 1.82) is 0 Å². The molecular formula is C4H4FeN5S4. The molecule has 0 aromatic carbocycles. The summed E-state index contributed by atoms with van der Waals surface area (Å²) in [6.45, 7) is 0. The third-order valence-corrected chi connectivity index (χ3v) is 0. The van der Waals surface area contributed by atoms with Gasteiger partial charge in [0, 0.05) is 0 Å². The number of isothiocyanates is 4. The normalized spacial score (nSPS) is 2.29. The monoisotopic (exact) mass is 306 g/mol. The fourth-order valence-corrected chi connectivity index (χ4v) is 0. The van der Waals surface area contributed by atoms with Gasteiger partial charge in [0.25, 0.3) is 0 Å². The summed E-state index contributed by atoms with van der Waals surface area (Å²) >= 11 is 14.8. The SMILES string of the molecule is [Fe+3].[N-]=C=S.[N-]=C=S.[N-]=C=S.[N-]=C=S.[NH4+]. The van der Waals surface area contributed by atoms with Crippen LogP contribution in [0.5, 0.6) is 0 Å². The predicted octanol–water partition coefficient (Wildman–Crippen LogP) is 3.01. The van der Waals surface area contributed by atoms with Crippen LogP contribution in [0.3, 0.4) is 0 Å². The summed E-state index contributed by atoms with van der Waals surface area (Å²) in [5.41, 5.74) is 0. The maximum atomic E-state index is 7.13. The van der Waals surface area contributed by atoms with Crippen LogP contribution in [0.2, 0.25) is 0 Å². The Morgan fingerprint density at radius 3 is 0.571 bits per heavy atom. The van der Waals surface area contributed by atoms with E-state index in [9.17, 15) is 0 Å². The molecular weight excluding hydrogens is 302 g/mol. The molecule has 0 aliphatic heterocycles. The molecule has 5 nitrogen and oxygen atoms in total. The van der Waals surface area contributed by atoms with Gasteiger partial charge in [-0.25, -0.2) is 0 Å². The summed E-state index contributed by atoms with van der Waals surface area (Å²) in [4.78, 5) is 0. The smallest absolute Gasteiger partial charge is 0.753 e. The second kappa shape index (κ2) is 128. The predicted molar refractivity (Wildman–Crippen MR) is 69.8 cm³/mol. The van der Waals surface area contributed by atoms with E-state index in [2.05, 4.69) is 48.9 Å². The molecule has 0 saturated carbocycles. The van der Waals surface area contributed by atoms with Gasteiger partial charge in [-0.05, 0) is 0 Å². The Kier molecular flexibility index (Phi) is 340. The quantitative estimate of drug-likeness (QED) is 0.419. The van der Waals surface area contributed by atoms with Crippen molar-refractivity contribution in [1.82, 2.24) is 6.15 Å². The van der Waals surface area contributed by atoms with Gasteiger partial charge in [-0.15, -0.1) is 0 Å². The average molecular weight is 306 g/mol. The number of rotatable bonds is 0. The van der Waals surface area contributed by atoms with Crippen LogP contribution in [0.15, 0.2) is 0 Å². The minimum atomic E-state index is 0. The van der Waals surface area contributed by atoms with E-state index in [0.29, 0.717) is 0 Å².